The molecular weight excluding hydrogens is 405 g/mol. The van der Waals surface area contributed by atoms with Gasteiger partial charge in [0.2, 0.25) is 0 Å². The molecule has 0 spiro atoms. The Kier molecular flexibility index (Phi) is 6.21. The maximum atomic E-state index is 13.0. The third kappa shape index (κ3) is 4.19. The molecule has 3 rings (SSSR count). The number of aromatic nitrogens is 1. The largest absolute Gasteiger partial charge is 0.612 e. The van der Waals surface area contributed by atoms with Crippen molar-refractivity contribution in [3.05, 3.63) is 52.1 Å². The molecule has 2 heterocycles. The summed E-state index contributed by atoms with van der Waals surface area (Å²) in [7, 11) is 0. The van der Waals surface area contributed by atoms with E-state index in [9.17, 15) is 9.35 Å². The van der Waals surface area contributed by atoms with Crippen LogP contribution in [0.25, 0.3) is 0 Å². The number of piperazine rings is 1. The predicted molar refractivity (Wildman–Crippen MR) is 110 cm³/mol. The van der Waals surface area contributed by atoms with Crippen LogP contribution in [0.1, 0.15) is 24.2 Å². The molecule has 1 aromatic carbocycles. The van der Waals surface area contributed by atoms with Crippen LogP contribution >= 0.6 is 23.2 Å². The molecular formula is C19H21Cl2N3O2S. The zero-order chi connectivity index (χ0) is 19.7. The van der Waals surface area contributed by atoms with Gasteiger partial charge in [-0.2, -0.15) is 0 Å². The minimum atomic E-state index is -1.19. The van der Waals surface area contributed by atoms with Gasteiger partial charge < -0.3 is 14.4 Å². The fraction of sp³-hybridized carbons (Fsp3) is 0.368. The predicted octanol–water partition coefficient (Wildman–Crippen LogP) is 3.87. The summed E-state index contributed by atoms with van der Waals surface area (Å²) in [6.07, 6.45) is 1.57. The third-order valence-electron chi connectivity index (χ3n) is 5.01. The quantitative estimate of drug-likeness (QED) is 0.553. The van der Waals surface area contributed by atoms with Crippen molar-refractivity contribution < 1.29 is 9.35 Å². The number of pyridine rings is 1. The van der Waals surface area contributed by atoms with E-state index in [2.05, 4.69) is 16.8 Å². The van der Waals surface area contributed by atoms with Crippen molar-refractivity contribution in [3.8, 4) is 0 Å². The smallest absolute Gasteiger partial charge is 0.254 e. The molecule has 8 heteroatoms. The minimum absolute atomic E-state index is 0.0224. The fourth-order valence-electron chi connectivity index (χ4n) is 3.34. The van der Waals surface area contributed by atoms with Gasteiger partial charge in [0.25, 0.3) is 5.91 Å². The first-order valence-electron chi connectivity index (χ1n) is 8.62. The summed E-state index contributed by atoms with van der Waals surface area (Å²) in [6.45, 7) is 5.33. The highest BCUT2D eigenvalue weighted by Gasteiger charge is 2.34. The lowest BCUT2D eigenvalue weighted by molar-refractivity contribution is 0.0633. The van der Waals surface area contributed by atoms with Gasteiger partial charge in [-0.15, -0.1) is 0 Å². The second-order valence-corrected chi connectivity index (χ2v) is 8.73. The van der Waals surface area contributed by atoms with E-state index in [0.29, 0.717) is 33.7 Å². The van der Waals surface area contributed by atoms with E-state index >= 15 is 0 Å². The molecule has 1 amide bonds. The topological polar surface area (TPSA) is 59.5 Å². The van der Waals surface area contributed by atoms with Crippen LogP contribution in [0.15, 0.2) is 41.3 Å². The Bertz CT molecular complexity index is 849. The van der Waals surface area contributed by atoms with Gasteiger partial charge in [0.15, 0.2) is 4.90 Å². The number of nitrogens with zero attached hydrogens (tertiary/aromatic N) is 3. The van der Waals surface area contributed by atoms with E-state index in [1.807, 2.05) is 24.0 Å². The van der Waals surface area contributed by atoms with Crippen molar-refractivity contribution in [1.82, 2.24) is 9.88 Å². The molecule has 1 aliphatic rings. The highest BCUT2D eigenvalue weighted by atomic mass is 35.5. The van der Waals surface area contributed by atoms with Crippen LogP contribution < -0.4 is 4.90 Å². The summed E-state index contributed by atoms with van der Waals surface area (Å²) >= 11 is 11.0. The van der Waals surface area contributed by atoms with E-state index < -0.39 is 11.2 Å². The second kappa shape index (κ2) is 8.27. The number of halogens is 2. The first-order chi connectivity index (χ1) is 12.8. The molecule has 5 nitrogen and oxygen atoms in total. The highest BCUT2D eigenvalue weighted by Crippen LogP contribution is 2.27. The number of hydrogen-bond acceptors (Lipinski definition) is 4. The molecule has 0 saturated carbocycles. The number of carbonyl (C=O) groups is 1. The van der Waals surface area contributed by atoms with Gasteiger partial charge in [-0.3, -0.25) is 4.79 Å². The molecule has 0 radical (unpaired) electrons. The Hall–Kier alpha value is -1.47. The van der Waals surface area contributed by atoms with Crippen LogP contribution in [0.4, 0.5) is 5.82 Å². The molecule has 27 heavy (non-hydrogen) atoms. The molecule has 1 aliphatic heterocycles. The molecule has 0 bridgehead atoms. The molecule has 0 aliphatic carbocycles. The lowest BCUT2D eigenvalue weighted by Gasteiger charge is -2.45. The summed E-state index contributed by atoms with van der Waals surface area (Å²) in [5, 5.41) is 0.804. The summed E-state index contributed by atoms with van der Waals surface area (Å²) in [6, 6.07) is 10.5. The van der Waals surface area contributed by atoms with Gasteiger partial charge in [0, 0.05) is 30.7 Å². The number of hydrogen-bond donors (Lipinski definition) is 0. The van der Waals surface area contributed by atoms with E-state index in [4.69, 9.17) is 23.2 Å². The van der Waals surface area contributed by atoms with Crippen molar-refractivity contribution in [2.75, 3.05) is 24.2 Å². The molecule has 3 atom stereocenters. The van der Waals surface area contributed by atoms with Gasteiger partial charge in [-0.25, -0.2) is 4.98 Å². The standard InChI is InChI=1S/C19H21Cl2N3O2S/c1-12-13(2)24(10-9-23(12)18-6-4-5-17(21)22-18)19(25)14-7-8-16(27(3)26)15(20)11-14/h4-8,11-13H,9-10H2,1-3H3/t12-,13-,27?/m0/s1. The average molecular weight is 426 g/mol. The molecule has 144 valence electrons. The summed E-state index contributed by atoms with van der Waals surface area (Å²) in [5.74, 6) is 0.732. The molecule has 1 aromatic heterocycles. The van der Waals surface area contributed by atoms with Crippen LogP contribution in [0.2, 0.25) is 10.2 Å². The van der Waals surface area contributed by atoms with Crippen LogP contribution in [-0.2, 0) is 11.2 Å². The van der Waals surface area contributed by atoms with Crippen molar-refractivity contribution in [3.63, 3.8) is 0 Å². The summed E-state index contributed by atoms with van der Waals surface area (Å²) in [4.78, 5) is 22.0. The van der Waals surface area contributed by atoms with Crippen LogP contribution in [-0.4, -0.2) is 51.8 Å². The first kappa shape index (κ1) is 20.3. The van der Waals surface area contributed by atoms with Crippen molar-refractivity contribution >= 4 is 46.1 Å². The molecule has 1 fully saturated rings. The van der Waals surface area contributed by atoms with Gasteiger partial charge in [-0.05, 0) is 55.4 Å². The number of anilines is 1. The van der Waals surface area contributed by atoms with Gasteiger partial charge in [0.1, 0.15) is 17.2 Å². The fourth-order valence-corrected chi connectivity index (χ4v) is 4.60. The zero-order valence-corrected chi connectivity index (χ0v) is 17.7. The monoisotopic (exact) mass is 425 g/mol. The van der Waals surface area contributed by atoms with E-state index in [1.54, 1.807) is 30.5 Å². The SMILES string of the molecule is C[C@H]1[C@H](C)N(c2cccc(Cl)n2)CCN1C(=O)c1ccc([S+](C)[O-])c(Cl)c1. The molecule has 1 unspecified atom stereocenters. The van der Waals surface area contributed by atoms with Crippen molar-refractivity contribution in [2.45, 2.75) is 30.8 Å². The van der Waals surface area contributed by atoms with E-state index in [1.165, 1.54) is 0 Å². The Morgan fingerprint density at radius 1 is 1.19 bits per heavy atom. The van der Waals surface area contributed by atoms with E-state index in [0.717, 1.165) is 5.82 Å². The number of rotatable bonds is 3. The molecule has 1 saturated heterocycles. The first-order valence-corrected chi connectivity index (χ1v) is 10.9. The Morgan fingerprint density at radius 2 is 1.93 bits per heavy atom. The molecule has 0 N–H and O–H groups in total. The summed E-state index contributed by atoms with van der Waals surface area (Å²) in [5.41, 5.74) is 0.502. The van der Waals surface area contributed by atoms with Crippen LogP contribution in [0, 0.1) is 0 Å². The van der Waals surface area contributed by atoms with Crippen molar-refractivity contribution in [2.24, 2.45) is 0 Å². The Labute approximate surface area is 172 Å². The Balaban J connectivity index is 1.79. The number of carbonyl (C=O) groups excluding carboxylic acids is 1. The van der Waals surface area contributed by atoms with Gasteiger partial charge >= 0.3 is 0 Å². The lowest BCUT2D eigenvalue weighted by Crippen LogP contribution is -2.59. The van der Waals surface area contributed by atoms with Crippen LogP contribution in [0.3, 0.4) is 0 Å². The third-order valence-corrected chi connectivity index (χ3v) is 6.62. The minimum Gasteiger partial charge on any atom is -0.612 e. The zero-order valence-electron chi connectivity index (χ0n) is 15.4. The maximum Gasteiger partial charge on any atom is 0.254 e. The normalized spacial score (nSPS) is 21.3. The van der Waals surface area contributed by atoms with Crippen LogP contribution in [0.5, 0.6) is 0 Å². The highest BCUT2D eigenvalue weighted by molar-refractivity contribution is 7.90. The van der Waals surface area contributed by atoms with E-state index in [-0.39, 0.29) is 18.0 Å². The number of amides is 1. The van der Waals surface area contributed by atoms with Gasteiger partial charge in [-0.1, -0.05) is 29.3 Å². The maximum absolute atomic E-state index is 13.0. The Morgan fingerprint density at radius 3 is 2.56 bits per heavy atom. The lowest BCUT2D eigenvalue weighted by atomic mass is 10.0. The van der Waals surface area contributed by atoms with Gasteiger partial charge in [0.05, 0.1) is 5.02 Å². The second-order valence-electron chi connectivity index (χ2n) is 6.59. The van der Waals surface area contributed by atoms with Crippen molar-refractivity contribution in [1.29, 1.82) is 0 Å². The number of benzene rings is 1. The molecule has 2 aromatic rings. The average Bonchev–Trinajstić information content (AvgIpc) is 2.63. The summed E-state index contributed by atoms with van der Waals surface area (Å²) < 4.78 is 11.6.